The maximum atomic E-state index is 13.4. The van der Waals surface area contributed by atoms with E-state index in [0.717, 1.165) is 0 Å². The Kier molecular flexibility index (Phi) is 2.48. The van der Waals surface area contributed by atoms with Crippen molar-refractivity contribution in [3.05, 3.63) is 34.6 Å². The first-order valence-corrected chi connectivity index (χ1v) is 4.81. The lowest BCUT2D eigenvalue weighted by Crippen LogP contribution is -2.29. The molecule has 0 aliphatic carbocycles. The van der Waals surface area contributed by atoms with Crippen LogP contribution in [0.4, 0.5) is 17.6 Å². The van der Waals surface area contributed by atoms with Crippen molar-refractivity contribution in [3.8, 4) is 0 Å². The van der Waals surface area contributed by atoms with Gasteiger partial charge in [-0.2, -0.15) is 13.2 Å². The number of aryl methyl sites for hydroxylation is 1. The van der Waals surface area contributed by atoms with Crippen LogP contribution in [0.15, 0.2) is 17.1 Å². The van der Waals surface area contributed by atoms with Crippen molar-refractivity contribution < 1.29 is 17.6 Å². The zero-order valence-electron chi connectivity index (χ0n) is 8.53. The summed E-state index contributed by atoms with van der Waals surface area (Å²) in [6, 6.07) is 2.55. The van der Waals surface area contributed by atoms with Crippen LogP contribution in [0.2, 0.25) is 0 Å². The third-order valence-electron chi connectivity index (χ3n) is 2.60. The number of nitrogens with zero attached hydrogens (tertiary/aromatic N) is 1. The van der Waals surface area contributed by atoms with E-state index in [1.165, 1.54) is 19.1 Å². The van der Waals surface area contributed by atoms with Crippen molar-refractivity contribution in [2.24, 2.45) is 4.99 Å². The van der Waals surface area contributed by atoms with Crippen LogP contribution in [0, 0.1) is 12.7 Å². The fourth-order valence-electron chi connectivity index (χ4n) is 1.90. The molecule has 0 N–H and O–H groups in total. The largest absolute Gasteiger partial charge is 0.433 e. The lowest BCUT2D eigenvalue weighted by molar-refractivity contribution is -0.0584. The van der Waals surface area contributed by atoms with E-state index in [-0.39, 0.29) is 24.1 Å². The van der Waals surface area contributed by atoms with Gasteiger partial charge in [0.1, 0.15) is 11.5 Å². The second-order valence-corrected chi connectivity index (χ2v) is 3.70. The van der Waals surface area contributed by atoms with Crippen molar-refractivity contribution in [1.29, 1.82) is 0 Å². The predicted octanol–water partition coefficient (Wildman–Crippen LogP) is 3.04. The summed E-state index contributed by atoms with van der Waals surface area (Å²) in [5.74, 6) is -0.586. The second kappa shape index (κ2) is 3.57. The molecule has 2 rings (SSSR count). The van der Waals surface area contributed by atoms with Crippen molar-refractivity contribution in [2.45, 2.75) is 19.5 Å². The van der Waals surface area contributed by atoms with Gasteiger partial charge in [-0.15, -0.1) is 0 Å². The first-order valence-electron chi connectivity index (χ1n) is 4.81. The SMILES string of the molecule is Cc1ccc(F)c2c1C(C(F)(F)F)=NCC2. The number of benzene rings is 1. The molecule has 86 valence electrons. The molecule has 1 aliphatic heterocycles. The molecule has 1 heterocycles. The van der Waals surface area contributed by atoms with Crippen LogP contribution >= 0.6 is 0 Å². The van der Waals surface area contributed by atoms with Crippen molar-refractivity contribution in [3.63, 3.8) is 0 Å². The summed E-state index contributed by atoms with van der Waals surface area (Å²) in [4.78, 5) is 3.47. The molecular weight excluding hydrogens is 222 g/mol. The van der Waals surface area contributed by atoms with E-state index in [1.807, 2.05) is 0 Å². The Hall–Kier alpha value is -1.39. The molecule has 0 spiro atoms. The van der Waals surface area contributed by atoms with E-state index >= 15 is 0 Å². The van der Waals surface area contributed by atoms with Crippen LogP contribution in [-0.4, -0.2) is 18.4 Å². The highest BCUT2D eigenvalue weighted by atomic mass is 19.4. The van der Waals surface area contributed by atoms with Gasteiger partial charge in [0.05, 0.1) is 0 Å². The zero-order valence-corrected chi connectivity index (χ0v) is 8.53. The van der Waals surface area contributed by atoms with Crippen LogP contribution in [-0.2, 0) is 6.42 Å². The van der Waals surface area contributed by atoms with Crippen molar-refractivity contribution in [2.75, 3.05) is 6.54 Å². The van der Waals surface area contributed by atoms with Crippen LogP contribution in [0.1, 0.15) is 16.7 Å². The van der Waals surface area contributed by atoms with E-state index in [2.05, 4.69) is 4.99 Å². The molecule has 0 amide bonds. The summed E-state index contributed by atoms with van der Waals surface area (Å²) in [6.07, 6.45) is -4.30. The highest BCUT2D eigenvalue weighted by molar-refractivity contribution is 6.07. The van der Waals surface area contributed by atoms with Gasteiger partial charge < -0.3 is 0 Å². The average molecular weight is 231 g/mol. The first-order chi connectivity index (χ1) is 7.41. The van der Waals surface area contributed by atoms with E-state index in [4.69, 9.17) is 0 Å². The smallest absolute Gasteiger partial charge is 0.280 e. The van der Waals surface area contributed by atoms with Crippen molar-refractivity contribution >= 4 is 5.71 Å². The average Bonchev–Trinajstić information content (AvgIpc) is 2.22. The lowest BCUT2D eigenvalue weighted by atomic mass is 9.92. The normalized spacial score (nSPS) is 15.7. The van der Waals surface area contributed by atoms with E-state index < -0.39 is 17.7 Å². The van der Waals surface area contributed by atoms with E-state index in [0.29, 0.717) is 5.56 Å². The van der Waals surface area contributed by atoms with Crippen LogP contribution in [0.3, 0.4) is 0 Å². The summed E-state index contributed by atoms with van der Waals surface area (Å²) in [6.45, 7) is 1.52. The van der Waals surface area contributed by atoms with Gasteiger partial charge in [0.2, 0.25) is 0 Å². The van der Waals surface area contributed by atoms with Gasteiger partial charge in [-0.25, -0.2) is 4.39 Å². The molecular formula is C11H9F4N. The van der Waals surface area contributed by atoms with E-state index in [9.17, 15) is 17.6 Å². The standard InChI is InChI=1S/C11H9F4N/c1-6-2-3-8(12)7-4-5-16-10(9(6)7)11(13,14)15/h2-3H,4-5H2,1H3. The second-order valence-electron chi connectivity index (χ2n) is 3.70. The van der Waals surface area contributed by atoms with Gasteiger partial charge in [0.25, 0.3) is 0 Å². The Bertz CT molecular complexity index is 460. The Morgan fingerprint density at radius 2 is 1.94 bits per heavy atom. The number of halogens is 4. The molecule has 0 unspecified atom stereocenters. The summed E-state index contributed by atoms with van der Waals surface area (Å²) < 4.78 is 51.4. The molecule has 0 aromatic heterocycles. The topological polar surface area (TPSA) is 12.4 Å². The predicted molar refractivity (Wildman–Crippen MR) is 52.3 cm³/mol. The molecule has 1 nitrogen and oxygen atoms in total. The van der Waals surface area contributed by atoms with Crippen molar-refractivity contribution in [1.82, 2.24) is 0 Å². The molecule has 16 heavy (non-hydrogen) atoms. The highest BCUT2D eigenvalue weighted by Crippen LogP contribution is 2.31. The fourth-order valence-corrected chi connectivity index (χ4v) is 1.90. The zero-order chi connectivity index (χ0) is 11.9. The third-order valence-corrected chi connectivity index (χ3v) is 2.60. The minimum Gasteiger partial charge on any atom is -0.280 e. The Morgan fingerprint density at radius 1 is 1.25 bits per heavy atom. The molecule has 0 radical (unpaired) electrons. The lowest BCUT2D eigenvalue weighted by Gasteiger charge is -2.21. The number of alkyl halides is 3. The van der Waals surface area contributed by atoms with Gasteiger partial charge in [0, 0.05) is 12.1 Å². The number of hydrogen-bond acceptors (Lipinski definition) is 1. The summed E-state index contributed by atoms with van der Waals surface area (Å²) in [5.41, 5.74) is -0.501. The molecule has 0 bridgehead atoms. The van der Waals surface area contributed by atoms with Gasteiger partial charge in [-0.1, -0.05) is 6.07 Å². The molecule has 1 aromatic carbocycles. The summed E-state index contributed by atoms with van der Waals surface area (Å²) in [7, 11) is 0. The quantitative estimate of drug-likeness (QED) is 0.608. The molecule has 5 heteroatoms. The molecule has 0 saturated heterocycles. The Balaban J connectivity index is 2.66. The minimum absolute atomic E-state index is 0.0117. The maximum Gasteiger partial charge on any atom is 0.433 e. The van der Waals surface area contributed by atoms with Gasteiger partial charge in [-0.05, 0) is 30.5 Å². The monoisotopic (exact) mass is 231 g/mol. The summed E-state index contributed by atoms with van der Waals surface area (Å²) in [5, 5.41) is 0. The number of fused-ring (bicyclic) bond motifs is 1. The van der Waals surface area contributed by atoms with E-state index in [1.54, 1.807) is 0 Å². The minimum atomic E-state index is -4.52. The van der Waals surface area contributed by atoms with Gasteiger partial charge in [-0.3, -0.25) is 4.99 Å². The first kappa shape index (κ1) is 11.1. The fraction of sp³-hybridized carbons (Fsp3) is 0.364. The van der Waals surface area contributed by atoms with Gasteiger partial charge >= 0.3 is 6.18 Å². The maximum absolute atomic E-state index is 13.4. The summed E-state index contributed by atoms with van der Waals surface area (Å²) >= 11 is 0. The molecule has 1 aromatic rings. The van der Waals surface area contributed by atoms with Crippen LogP contribution in [0.5, 0.6) is 0 Å². The van der Waals surface area contributed by atoms with Crippen LogP contribution < -0.4 is 0 Å². The number of rotatable bonds is 0. The Morgan fingerprint density at radius 3 is 2.56 bits per heavy atom. The van der Waals surface area contributed by atoms with Gasteiger partial charge in [0.15, 0.2) is 0 Å². The number of hydrogen-bond donors (Lipinski definition) is 0. The molecule has 0 fully saturated rings. The highest BCUT2D eigenvalue weighted by Gasteiger charge is 2.40. The molecule has 0 atom stereocenters. The number of aliphatic imine (C=N–C) groups is 1. The van der Waals surface area contributed by atoms with Crippen LogP contribution in [0.25, 0.3) is 0 Å². The third kappa shape index (κ3) is 1.70. The Labute approximate surface area is 89.8 Å². The molecule has 1 aliphatic rings. The molecule has 0 saturated carbocycles.